The predicted octanol–water partition coefficient (Wildman–Crippen LogP) is 5.15. The number of ether oxygens (including phenoxy) is 1. The van der Waals surface area contributed by atoms with E-state index in [0.717, 1.165) is 49.8 Å². The number of para-hydroxylation sites is 2. The number of nitrogens with zero attached hydrogens (tertiary/aromatic N) is 1. The molecule has 4 nitrogen and oxygen atoms in total. The van der Waals surface area contributed by atoms with Crippen LogP contribution in [0.4, 0.5) is 11.4 Å². The lowest BCUT2D eigenvalue weighted by molar-refractivity contribution is 0.0771. The van der Waals surface area contributed by atoms with Gasteiger partial charge in [-0.1, -0.05) is 66.7 Å². The second-order valence-electron chi connectivity index (χ2n) is 7.71. The summed E-state index contributed by atoms with van der Waals surface area (Å²) in [4.78, 5) is 4.99. The van der Waals surface area contributed by atoms with E-state index >= 15 is 0 Å². The first-order chi connectivity index (χ1) is 14.3. The first kappa shape index (κ1) is 18.0. The Kier molecular flexibility index (Phi) is 4.78. The minimum absolute atomic E-state index is 0.170. The largest absolute Gasteiger partial charge is 0.381 e. The van der Waals surface area contributed by atoms with Gasteiger partial charge in [-0.05, 0) is 28.8 Å². The summed E-state index contributed by atoms with van der Waals surface area (Å²) in [7, 11) is 0. The molecule has 4 heteroatoms. The molecule has 146 valence electrons. The van der Waals surface area contributed by atoms with Gasteiger partial charge in [0.2, 0.25) is 0 Å². The first-order valence-electron chi connectivity index (χ1n) is 10.2. The molecular formula is C25H25N3O. The Morgan fingerprint density at radius 2 is 1.52 bits per heavy atom. The van der Waals surface area contributed by atoms with E-state index in [2.05, 4.69) is 77.4 Å². The Balaban J connectivity index is 1.36. The highest BCUT2D eigenvalue weighted by molar-refractivity contribution is 6.00. The minimum Gasteiger partial charge on any atom is -0.381 e. The minimum atomic E-state index is -0.170. The van der Waals surface area contributed by atoms with E-state index in [1.54, 1.807) is 0 Å². The van der Waals surface area contributed by atoms with Gasteiger partial charge in [0.05, 0.1) is 16.9 Å². The molecule has 1 fully saturated rings. The summed E-state index contributed by atoms with van der Waals surface area (Å²) >= 11 is 0. The van der Waals surface area contributed by atoms with Gasteiger partial charge in [-0.15, -0.1) is 0 Å². The molecule has 0 saturated carbocycles. The molecule has 0 amide bonds. The highest BCUT2D eigenvalue weighted by Crippen LogP contribution is 2.37. The molecule has 2 aliphatic heterocycles. The number of hydrogen-bond donors (Lipinski definition) is 2. The monoisotopic (exact) mass is 383 g/mol. The summed E-state index contributed by atoms with van der Waals surface area (Å²) in [5.41, 5.74) is 5.65. The van der Waals surface area contributed by atoms with Gasteiger partial charge in [0.25, 0.3) is 0 Å². The van der Waals surface area contributed by atoms with Gasteiger partial charge in [0.15, 0.2) is 0 Å². The van der Waals surface area contributed by atoms with Crippen LogP contribution in [0, 0.1) is 0 Å². The maximum absolute atomic E-state index is 5.63. The SMILES string of the molecule is c1ccc(-c2ccc(CNC3=Nc4ccccc4NC34CCOCC4)cc2)cc1. The van der Waals surface area contributed by atoms with E-state index in [4.69, 9.17) is 9.73 Å². The Morgan fingerprint density at radius 3 is 2.31 bits per heavy atom. The molecule has 2 N–H and O–H groups in total. The molecule has 0 aliphatic carbocycles. The number of rotatable bonds is 3. The normalized spacial score (nSPS) is 17.2. The first-order valence-corrected chi connectivity index (χ1v) is 10.2. The van der Waals surface area contributed by atoms with Crippen molar-refractivity contribution in [3.63, 3.8) is 0 Å². The third-order valence-electron chi connectivity index (χ3n) is 5.83. The summed E-state index contributed by atoms with van der Waals surface area (Å²) in [6.07, 6.45) is 1.83. The van der Waals surface area contributed by atoms with Gasteiger partial charge in [0, 0.05) is 32.6 Å². The lowest BCUT2D eigenvalue weighted by atomic mass is 9.86. The molecule has 1 saturated heterocycles. The van der Waals surface area contributed by atoms with Crippen molar-refractivity contribution in [2.75, 3.05) is 18.5 Å². The van der Waals surface area contributed by atoms with Crippen molar-refractivity contribution in [2.24, 2.45) is 4.99 Å². The molecule has 0 atom stereocenters. The van der Waals surface area contributed by atoms with Crippen molar-refractivity contribution in [1.29, 1.82) is 0 Å². The summed E-state index contributed by atoms with van der Waals surface area (Å²) in [5.74, 6) is 1.02. The predicted molar refractivity (Wildman–Crippen MR) is 119 cm³/mol. The number of aliphatic imine (C=N–C) groups is 1. The fraction of sp³-hybridized carbons (Fsp3) is 0.240. The number of fused-ring (bicyclic) bond motifs is 1. The lowest BCUT2D eigenvalue weighted by Crippen LogP contribution is -2.56. The van der Waals surface area contributed by atoms with Crippen LogP contribution in [-0.4, -0.2) is 24.6 Å². The van der Waals surface area contributed by atoms with Crippen LogP contribution >= 0.6 is 0 Å². The maximum Gasteiger partial charge on any atom is 0.129 e. The molecule has 0 bridgehead atoms. The molecule has 29 heavy (non-hydrogen) atoms. The molecule has 0 unspecified atom stereocenters. The molecule has 1 spiro atoms. The summed E-state index contributed by atoms with van der Waals surface area (Å²) < 4.78 is 5.63. The Bertz CT molecular complexity index is 1010. The van der Waals surface area contributed by atoms with E-state index < -0.39 is 0 Å². The maximum atomic E-state index is 5.63. The highest BCUT2D eigenvalue weighted by atomic mass is 16.5. The van der Waals surface area contributed by atoms with Crippen molar-refractivity contribution in [3.05, 3.63) is 84.4 Å². The van der Waals surface area contributed by atoms with Crippen molar-refractivity contribution >= 4 is 17.2 Å². The van der Waals surface area contributed by atoms with E-state index in [0.29, 0.717) is 0 Å². The van der Waals surface area contributed by atoms with E-state index in [1.165, 1.54) is 16.7 Å². The second kappa shape index (κ2) is 7.72. The smallest absolute Gasteiger partial charge is 0.129 e. The van der Waals surface area contributed by atoms with Crippen molar-refractivity contribution < 1.29 is 4.74 Å². The van der Waals surface area contributed by atoms with Crippen molar-refractivity contribution in [2.45, 2.75) is 24.9 Å². The van der Waals surface area contributed by atoms with Gasteiger partial charge in [-0.2, -0.15) is 0 Å². The van der Waals surface area contributed by atoms with Crippen LogP contribution in [0.1, 0.15) is 18.4 Å². The van der Waals surface area contributed by atoms with Crippen LogP contribution in [-0.2, 0) is 11.3 Å². The van der Waals surface area contributed by atoms with Gasteiger partial charge in [0.1, 0.15) is 5.84 Å². The molecule has 2 aliphatic rings. The number of nitrogens with one attached hydrogen (secondary N) is 2. The number of benzene rings is 3. The zero-order chi connectivity index (χ0) is 19.5. The van der Waals surface area contributed by atoms with Gasteiger partial charge >= 0.3 is 0 Å². The highest BCUT2D eigenvalue weighted by Gasteiger charge is 2.40. The number of anilines is 1. The van der Waals surface area contributed by atoms with E-state index in [1.807, 2.05) is 12.1 Å². The molecular weight excluding hydrogens is 358 g/mol. The molecule has 5 rings (SSSR count). The second-order valence-corrected chi connectivity index (χ2v) is 7.71. The summed E-state index contributed by atoms with van der Waals surface area (Å²) in [5, 5.41) is 7.39. The zero-order valence-electron chi connectivity index (χ0n) is 16.4. The zero-order valence-corrected chi connectivity index (χ0v) is 16.4. The van der Waals surface area contributed by atoms with Gasteiger partial charge in [-0.3, -0.25) is 0 Å². The fourth-order valence-electron chi connectivity index (χ4n) is 4.14. The van der Waals surface area contributed by atoms with Crippen molar-refractivity contribution in [3.8, 4) is 11.1 Å². The van der Waals surface area contributed by atoms with E-state index in [9.17, 15) is 0 Å². The molecule has 3 aromatic carbocycles. The van der Waals surface area contributed by atoms with Crippen LogP contribution in [0.15, 0.2) is 83.9 Å². The number of hydrogen-bond acceptors (Lipinski definition) is 4. The standard InChI is InChI=1S/C25H25N3O/c1-2-6-20(7-3-1)21-12-10-19(11-13-21)18-26-24-25(14-16-29-17-15-25)28-23-9-5-4-8-22(23)27-24/h1-13,28H,14-18H2,(H,26,27). The average molecular weight is 383 g/mol. The molecule has 0 aromatic heterocycles. The third-order valence-corrected chi connectivity index (χ3v) is 5.83. The number of amidine groups is 1. The Morgan fingerprint density at radius 1 is 0.828 bits per heavy atom. The summed E-state index contributed by atoms with van der Waals surface area (Å²) in [6, 6.07) is 27.5. The summed E-state index contributed by atoms with van der Waals surface area (Å²) in [6.45, 7) is 2.25. The van der Waals surface area contributed by atoms with Crippen LogP contribution in [0.25, 0.3) is 11.1 Å². The van der Waals surface area contributed by atoms with Crippen LogP contribution in [0.5, 0.6) is 0 Å². The molecule has 0 radical (unpaired) electrons. The fourth-order valence-corrected chi connectivity index (χ4v) is 4.14. The van der Waals surface area contributed by atoms with Crippen molar-refractivity contribution in [1.82, 2.24) is 5.32 Å². The Labute approximate surface area is 171 Å². The van der Waals surface area contributed by atoms with Gasteiger partial charge in [-0.25, -0.2) is 4.99 Å². The molecule has 3 aromatic rings. The Hall–Kier alpha value is -3.11. The van der Waals surface area contributed by atoms with Crippen LogP contribution < -0.4 is 10.6 Å². The van der Waals surface area contributed by atoms with Crippen LogP contribution in [0.2, 0.25) is 0 Å². The lowest BCUT2D eigenvalue weighted by Gasteiger charge is -2.42. The van der Waals surface area contributed by atoms with E-state index in [-0.39, 0.29) is 5.54 Å². The quantitative estimate of drug-likeness (QED) is 0.658. The third kappa shape index (κ3) is 3.64. The average Bonchev–Trinajstić information content (AvgIpc) is 2.79. The van der Waals surface area contributed by atoms with Crippen LogP contribution in [0.3, 0.4) is 0 Å². The van der Waals surface area contributed by atoms with Gasteiger partial charge < -0.3 is 15.4 Å². The topological polar surface area (TPSA) is 45.7 Å². The molecule has 2 heterocycles.